The summed E-state index contributed by atoms with van der Waals surface area (Å²) in [6, 6.07) is 0.340. The third-order valence-electron chi connectivity index (χ3n) is 3.34. The van der Waals surface area contributed by atoms with Crippen molar-refractivity contribution in [2.45, 2.75) is 26.3 Å². The molecule has 16 heavy (non-hydrogen) atoms. The predicted octanol–water partition coefficient (Wildman–Crippen LogP) is 0.949. The highest BCUT2D eigenvalue weighted by molar-refractivity contribution is 5.60. The Bertz CT molecular complexity index is 214. The Morgan fingerprint density at radius 1 is 1.62 bits per heavy atom. The molecular weight excluding hydrogens is 206 g/mol. The molecule has 0 aromatic carbocycles. The first-order chi connectivity index (χ1) is 7.67. The second-order valence-electron chi connectivity index (χ2n) is 4.65. The van der Waals surface area contributed by atoms with Gasteiger partial charge in [-0.3, -0.25) is 4.90 Å². The van der Waals surface area contributed by atoms with Gasteiger partial charge in [-0.15, -0.1) is 0 Å². The van der Waals surface area contributed by atoms with Crippen LogP contribution in [-0.4, -0.2) is 57.2 Å². The summed E-state index contributed by atoms with van der Waals surface area (Å²) in [7, 11) is 1.71. The number of hydrogen-bond donors (Lipinski definition) is 0. The predicted molar refractivity (Wildman–Crippen MR) is 62.5 cm³/mol. The SMILES string of the molecule is CCN(CC1(C=O)CCOC1)C(C)COC. The maximum Gasteiger partial charge on any atom is 0.129 e. The molecule has 4 heteroatoms. The first kappa shape index (κ1) is 13.6. The normalized spacial score (nSPS) is 27.2. The van der Waals surface area contributed by atoms with E-state index in [4.69, 9.17) is 9.47 Å². The van der Waals surface area contributed by atoms with Gasteiger partial charge in [-0.25, -0.2) is 0 Å². The molecule has 0 saturated carbocycles. The van der Waals surface area contributed by atoms with Gasteiger partial charge in [0.1, 0.15) is 6.29 Å². The van der Waals surface area contributed by atoms with Crippen LogP contribution in [0.4, 0.5) is 0 Å². The molecular formula is C12H23NO3. The Kier molecular flexibility index (Phi) is 5.38. The smallest absolute Gasteiger partial charge is 0.129 e. The van der Waals surface area contributed by atoms with E-state index in [1.807, 2.05) is 0 Å². The highest BCUT2D eigenvalue weighted by Crippen LogP contribution is 2.27. The average Bonchev–Trinajstić information content (AvgIpc) is 2.75. The number of carbonyl (C=O) groups is 1. The summed E-state index contributed by atoms with van der Waals surface area (Å²) in [4.78, 5) is 13.5. The van der Waals surface area contributed by atoms with E-state index in [-0.39, 0.29) is 5.41 Å². The fourth-order valence-electron chi connectivity index (χ4n) is 2.21. The van der Waals surface area contributed by atoms with Crippen LogP contribution in [0.3, 0.4) is 0 Å². The quantitative estimate of drug-likeness (QED) is 0.609. The van der Waals surface area contributed by atoms with Crippen molar-refractivity contribution in [1.82, 2.24) is 4.90 Å². The van der Waals surface area contributed by atoms with Crippen LogP contribution in [0.5, 0.6) is 0 Å². The zero-order valence-electron chi connectivity index (χ0n) is 10.6. The number of ether oxygens (including phenoxy) is 2. The summed E-state index contributed by atoms with van der Waals surface area (Å²) in [5, 5.41) is 0. The molecule has 0 spiro atoms. The molecule has 2 unspecified atom stereocenters. The van der Waals surface area contributed by atoms with Gasteiger partial charge in [-0.05, 0) is 19.9 Å². The summed E-state index contributed by atoms with van der Waals surface area (Å²) in [5.41, 5.74) is -0.294. The van der Waals surface area contributed by atoms with E-state index >= 15 is 0 Å². The number of carbonyl (C=O) groups excluding carboxylic acids is 1. The van der Waals surface area contributed by atoms with Crippen molar-refractivity contribution in [3.63, 3.8) is 0 Å². The van der Waals surface area contributed by atoms with Gasteiger partial charge in [0.25, 0.3) is 0 Å². The molecule has 0 aromatic rings. The van der Waals surface area contributed by atoms with Crippen LogP contribution in [0.25, 0.3) is 0 Å². The van der Waals surface area contributed by atoms with Crippen molar-refractivity contribution in [3.05, 3.63) is 0 Å². The van der Waals surface area contributed by atoms with Gasteiger partial charge >= 0.3 is 0 Å². The minimum absolute atomic E-state index is 0.294. The second-order valence-corrected chi connectivity index (χ2v) is 4.65. The number of likely N-dealkylation sites (N-methyl/N-ethyl adjacent to an activating group) is 1. The molecule has 0 bridgehead atoms. The van der Waals surface area contributed by atoms with Gasteiger partial charge in [0.05, 0.1) is 18.6 Å². The Balaban J connectivity index is 2.56. The van der Waals surface area contributed by atoms with Crippen molar-refractivity contribution in [2.24, 2.45) is 5.41 Å². The fraction of sp³-hybridized carbons (Fsp3) is 0.917. The van der Waals surface area contributed by atoms with E-state index in [0.717, 1.165) is 25.8 Å². The van der Waals surface area contributed by atoms with Crippen molar-refractivity contribution in [3.8, 4) is 0 Å². The lowest BCUT2D eigenvalue weighted by molar-refractivity contribution is -0.117. The number of nitrogens with zero attached hydrogens (tertiary/aromatic N) is 1. The second kappa shape index (κ2) is 6.33. The van der Waals surface area contributed by atoms with E-state index in [2.05, 4.69) is 18.7 Å². The van der Waals surface area contributed by atoms with Crippen LogP contribution in [0.15, 0.2) is 0 Å². The Morgan fingerprint density at radius 3 is 2.81 bits per heavy atom. The van der Waals surface area contributed by atoms with E-state index in [0.29, 0.717) is 25.9 Å². The molecule has 1 rings (SSSR count). The van der Waals surface area contributed by atoms with Crippen LogP contribution in [0, 0.1) is 5.41 Å². The Labute approximate surface area is 97.9 Å². The van der Waals surface area contributed by atoms with Gasteiger partial charge < -0.3 is 14.3 Å². The Morgan fingerprint density at radius 2 is 2.38 bits per heavy atom. The van der Waals surface area contributed by atoms with Crippen molar-refractivity contribution < 1.29 is 14.3 Å². The van der Waals surface area contributed by atoms with Crippen LogP contribution in [0.1, 0.15) is 20.3 Å². The van der Waals surface area contributed by atoms with Crippen LogP contribution in [0.2, 0.25) is 0 Å². The minimum Gasteiger partial charge on any atom is -0.383 e. The lowest BCUT2D eigenvalue weighted by Gasteiger charge is -2.33. The number of hydrogen-bond acceptors (Lipinski definition) is 4. The summed E-state index contributed by atoms with van der Waals surface area (Å²) in [6.07, 6.45) is 1.91. The zero-order valence-corrected chi connectivity index (χ0v) is 10.6. The average molecular weight is 229 g/mol. The number of aldehydes is 1. The third kappa shape index (κ3) is 3.27. The molecule has 1 heterocycles. The van der Waals surface area contributed by atoms with Gasteiger partial charge in [-0.1, -0.05) is 6.92 Å². The largest absolute Gasteiger partial charge is 0.383 e. The van der Waals surface area contributed by atoms with Gasteiger partial charge in [0.2, 0.25) is 0 Å². The van der Waals surface area contributed by atoms with E-state index in [1.165, 1.54) is 0 Å². The lowest BCUT2D eigenvalue weighted by atomic mass is 9.88. The minimum atomic E-state index is -0.294. The molecule has 0 amide bonds. The van der Waals surface area contributed by atoms with E-state index < -0.39 is 0 Å². The third-order valence-corrected chi connectivity index (χ3v) is 3.34. The zero-order chi connectivity index (χ0) is 12.0. The van der Waals surface area contributed by atoms with Crippen molar-refractivity contribution in [1.29, 1.82) is 0 Å². The lowest BCUT2D eigenvalue weighted by Crippen LogP contribution is -2.45. The topological polar surface area (TPSA) is 38.8 Å². The van der Waals surface area contributed by atoms with Gasteiger partial charge in [0.15, 0.2) is 0 Å². The van der Waals surface area contributed by atoms with Crippen LogP contribution in [-0.2, 0) is 14.3 Å². The molecule has 0 aliphatic carbocycles. The van der Waals surface area contributed by atoms with Crippen LogP contribution >= 0.6 is 0 Å². The molecule has 1 saturated heterocycles. The number of rotatable bonds is 7. The molecule has 1 aliphatic heterocycles. The van der Waals surface area contributed by atoms with Crippen molar-refractivity contribution in [2.75, 3.05) is 40.0 Å². The molecule has 0 N–H and O–H groups in total. The monoisotopic (exact) mass is 229 g/mol. The van der Waals surface area contributed by atoms with E-state index in [1.54, 1.807) is 7.11 Å². The molecule has 1 aliphatic rings. The summed E-state index contributed by atoms with van der Waals surface area (Å²) in [6.45, 7) is 7.91. The summed E-state index contributed by atoms with van der Waals surface area (Å²) >= 11 is 0. The van der Waals surface area contributed by atoms with Crippen molar-refractivity contribution >= 4 is 6.29 Å². The summed E-state index contributed by atoms with van der Waals surface area (Å²) < 4.78 is 10.5. The maximum atomic E-state index is 11.2. The molecule has 94 valence electrons. The first-order valence-corrected chi connectivity index (χ1v) is 5.94. The Hall–Kier alpha value is -0.450. The molecule has 1 fully saturated rings. The first-order valence-electron chi connectivity index (χ1n) is 5.94. The maximum absolute atomic E-state index is 11.2. The summed E-state index contributed by atoms with van der Waals surface area (Å²) in [5.74, 6) is 0. The fourth-order valence-corrected chi connectivity index (χ4v) is 2.21. The van der Waals surface area contributed by atoms with E-state index in [9.17, 15) is 4.79 Å². The van der Waals surface area contributed by atoms with Gasteiger partial charge in [-0.2, -0.15) is 0 Å². The molecule has 2 atom stereocenters. The molecule has 0 radical (unpaired) electrons. The highest BCUT2D eigenvalue weighted by atomic mass is 16.5. The standard InChI is InChI=1S/C12H23NO3/c1-4-13(11(2)7-15-3)8-12(9-14)5-6-16-10-12/h9,11H,4-8,10H2,1-3H3. The van der Waals surface area contributed by atoms with Gasteiger partial charge in [0, 0.05) is 26.3 Å². The van der Waals surface area contributed by atoms with Crippen LogP contribution < -0.4 is 0 Å². The highest BCUT2D eigenvalue weighted by Gasteiger charge is 2.37. The molecule has 0 aromatic heterocycles. The number of methoxy groups -OCH3 is 1. The molecule has 4 nitrogen and oxygen atoms in total.